The van der Waals surface area contributed by atoms with E-state index in [9.17, 15) is 0 Å². The van der Waals surface area contributed by atoms with Crippen molar-refractivity contribution in [1.82, 2.24) is 24.7 Å². The molecule has 1 unspecified atom stereocenters. The van der Waals surface area contributed by atoms with E-state index in [0.29, 0.717) is 12.5 Å². The number of hydrogen-bond acceptors (Lipinski definition) is 6. The van der Waals surface area contributed by atoms with E-state index in [0.717, 1.165) is 48.4 Å². The molecule has 3 heterocycles. The monoisotopic (exact) mass is 358 g/mol. The van der Waals surface area contributed by atoms with Crippen LogP contribution in [0.4, 0.5) is 5.82 Å². The summed E-state index contributed by atoms with van der Waals surface area (Å²) in [4.78, 5) is 14.2. The Kier molecular flexibility index (Phi) is 5.27. The first kappa shape index (κ1) is 18.8. The topological polar surface area (TPSA) is 77.8 Å². The lowest BCUT2D eigenvalue weighted by atomic mass is 9.95. The van der Waals surface area contributed by atoms with Gasteiger partial charge < -0.3 is 10.1 Å². The molecule has 1 aliphatic rings. The van der Waals surface area contributed by atoms with Crippen LogP contribution in [0.5, 0.6) is 0 Å². The molecule has 0 saturated heterocycles. The zero-order chi connectivity index (χ0) is 18.9. The van der Waals surface area contributed by atoms with Gasteiger partial charge in [0.1, 0.15) is 17.5 Å². The molecule has 0 amide bonds. The highest BCUT2D eigenvalue weighted by Crippen LogP contribution is 2.29. The number of nitrogens with one attached hydrogen (secondary N) is 1. The van der Waals surface area contributed by atoms with E-state index < -0.39 is 0 Å². The maximum atomic E-state index is 5.28. The van der Waals surface area contributed by atoms with Crippen LogP contribution in [0.25, 0.3) is 0 Å². The minimum atomic E-state index is -0.127. The Balaban J connectivity index is 1.91. The lowest BCUT2D eigenvalue weighted by Crippen LogP contribution is -2.24. The largest absolute Gasteiger partial charge is 0.378 e. The number of methoxy groups -OCH3 is 1. The van der Waals surface area contributed by atoms with Gasteiger partial charge in [0.05, 0.1) is 18.3 Å². The molecule has 1 atom stereocenters. The number of nitrogens with zero attached hydrogens (tertiary/aromatic N) is 5. The van der Waals surface area contributed by atoms with Crippen molar-refractivity contribution in [2.75, 3.05) is 12.4 Å². The summed E-state index contributed by atoms with van der Waals surface area (Å²) in [7, 11) is 1.68. The van der Waals surface area contributed by atoms with Crippen molar-refractivity contribution < 1.29 is 4.74 Å². The van der Waals surface area contributed by atoms with Gasteiger partial charge in [-0.25, -0.2) is 19.6 Å². The first-order valence-corrected chi connectivity index (χ1v) is 9.36. The van der Waals surface area contributed by atoms with E-state index in [1.165, 1.54) is 0 Å². The molecule has 1 aliphatic heterocycles. The van der Waals surface area contributed by atoms with Gasteiger partial charge in [-0.1, -0.05) is 34.6 Å². The van der Waals surface area contributed by atoms with E-state index in [4.69, 9.17) is 14.7 Å². The molecule has 142 valence electrons. The molecule has 26 heavy (non-hydrogen) atoms. The van der Waals surface area contributed by atoms with Crippen LogP contribution in [0.2, 0.25) is 0 Å². The number of rotatable bonds is 5. The third-order valence-corrected chi connectivity index (χ3v) is 4.47. The third kappa shape index (κ3) is 4.03. The van der Waals surface area contributed by atoms with Crippen LogP contribution in [0.3, 0.4) is 0 Å². The molecule has 2 aromatic rings. The van der Waals surface area contributed by atoms with Gasteiger partial charge in [0.25, 0.3) is 0 Å². The van der Waals surface area contributed by atoms with E-state index in [1.807, 2.05) is 10.7 Å². The van der Waals surface area contributed by atoms with Gasteiger partial charge in [0, 0.05) is 31.1 Å². The van der Waals surface area contributed by atoms with Gasteiger partial charge in [0.2, 0.25) is 0 Å². The zero-order valence-electron chi connectivity index (χ0n) is 16.7. The molecule has 7 nitrogen and oxygen atoms in total. The summed E-state index contributed by atoms with van der Waals surface area (Å²) in [6.07, 6.45) is 2.10. The summed E-state index contributed by atoms with van der Waals surface area (Å²) in [5, 5.41) is 8.23. The van der Waals surface area contributed by atoms with E-state index in [2.05, 4.69) is 50.0 Å². The molecule has 0 bridgehead atoms. The van der Waals surface area contributed by atoms with Crippen molar-refractivity contribution in [3.63, 3.8) is 0 Å². The van der Waals surface area contributed by atoms with Gasteiger partial charge in [-0.15, -0.1) is 0 Å². The normalized spacial score (nSPS) is 17.4. The quantitative estimate of drug-likeness (QED) is 0.880. The molecule has 0 radical (unpaired) electrons. The predicted octanol–water partition coefficient (Wildman–Crippen LogP) is 3.58. The van der Waals surface area contributed by atoms with Crippen molar-refractivity contribution in [3.8, 4) is 0 Å². The highest BCUT2D eigenvalue weighted by Gasteiger charge is 2.26. The lowest BCUT2D eigenvalue weighted by molar-refractivity contribution is 0.181. The van der Waals surface area contributed by atoms with Gasteiger partial charge in [0.15, 0.2) is 5.82 Å². The van der Waals surface area contributed by atoms with Crippen LogP contribution in [-0.4, -0.2) is 31.8 Å². The van der Waals surface area contributed by atoms with Crippen LogP contribution >= 0.6 is 0 Å². The minimum absolute atomic E-state index is 0.113. The van der Waals surface area contributed by atoms with E-state index >= 15 is 0 Å². The highest BCUT2D eigenvalue weighted by atomic mass is 16.5. The second-order valence-electron chi connectivity index (χ2n) is 8.30. The number of anilines is 1. The number of aromatic nitrogens is 5. The average molecular weight is 358 g/mol. The second-order valence-corrected chi connectivity index (χ2v) is 8.30. The second kappa shape index (κ2) is 7.31. The minimum Gasteiger partial charge on any atom is -0.378 e. The number of hydrogen-bond donors (Lipinski definition) is 1. The molecule has 7 heteroatoms. The van der Waals surface area contributed by atoms with Crippen molar-refractivity contribution in [2.45, 2.75) is 78.0 Å². The number of ether oxygens (including phenoxy) is 1. The summed E-state index contributed by atoms with van der Waals surface area (Å²) in [5.74, 6) is 3.88. The summed E-state index contributed by atoms with van der Waals surface area (Å²) in [6, 6.07) is 2.08. The summed E-state index contributed by atoms with van der Waals surface area (Å²) < 4.78 is 7.32. The van der Waals surface area contributed by atoms with Crippen LogP contribution in [-0.2, 0) is 23.3 Å². The Morgan fingerprint density at radius 2 is 2.04 bits per heavy atom. The fraction of sp³-hybridized carbons (Fsp3) is 0.684. The summed E-state index contributed by atoms with van der Waals surface area (Å²) in [6.45, 7) is 12.0. The molecule has 0 saturated carbocycles. The Bertz CT molecular complexity index is 762. The summed E-state index contributed by atoms with van der Waals surface area (Å²) in [5.41, 5.74) is 0.757. The average Bonchev–Trinajstić information content (AvgIpc) is 3.00. The number of aryl methyl sites for hydroxylation is 1. The van der Waals surface area contributed by atoms with Crippen LogP contribution in [0.1, 0.15) is 82.6 Å². The first-order valence-electron chi connectivity index (χ1n) is 9.36. The third-order valence-electron chi connectivity index (χ3n) is 4.47. The molecule has 2 aromatic heterocycles. The van der Waals surface area contributed by atoms with Gasteiger partial charge in [-0.05, 0) is 12.8 Å². The van der Waals surface area contributed by atoms with E-state index in [-0.39, 0.29) is 11.5 Å². The first-order chi connectivity index (χ1) is 12.3. The Morgan fingerprint density at radius 3 is 2.69 bits per heavy atom. The van der Waals surface area contributed by atoms with E-state index in [1.54, 1.807) is 7.11 Å². The Hall–Kier alpha value is -2.02. The predicted molar refractivity (Wildman–Crippen MR) is 101 cm³/mol. The number of fused-ring (bicyclic) bond motifs is 1. The standard InChI is InChI=1S/C19H30N6O/c1-12(2)16-23-17-14(8-7-9-25(17)24-16)21-15-10-13(11-26-6)20-18(22-15)19(3,4)5/h10,12,14H,7-9,11H2,1-6H3,(H,20,21,22). The highest BCUT2D eigenvalue weighted by molar-refractivity contribution is 5.39. The van der Waals surface area contributed by atoms with Gasteiger partial charge in [-0.3, -0.25) is 0 Å². The van der Waals surface area contributed by atoms with Crippen molar-refractivity contribution in [2.24, 2.45) is 0 Å². The maximum Gasteiger partial charge on any atom is 0.153 e. The van der Waals surface area contributed by atoms with Crippen molar-refractivity contribution >= 4 is 5.82 Å². The molecule has 3 rings (SSSR count). The fourth-order valence-corrected chi connectivity index (χ4v) is 3.06. The molecule has 0 fully saturated rings. The van der Waals surface area contributed by atoms with Crippen molar-refractivity contribution in [1.29, 1.82) is 0 Å². The van der Waals surface area contributed by atoms with Gasteiger partial charge in [-0.2, -0.15) is 5.10 Å². The van der Waals surface area contributed by atoms with Gasteiger partial charge >= 0.3 is 0 Å². The maximum absolute atomic E-state index is 5.28. The van der Waals surface area contributed by atoms with Crippen molar-refractivity contribution in [3.05, 3.63) is 29.2 Å². The summed E-state index contributed by atoms with van der Waals surface area (Å²) >= 11 is 0. The molecule has 1 N–H and O–H groups in total. The fourth-order valence-electron chi connectivity index (χ4n) is 3.06. The lowest BCUT2D eigenvalue weighted by Gasteiger charge is -2.25. The molecule has 0 aliphatic carbocycles. The molecular weight excluding hydrogens is 328 g/mol. The SMILES string of the molecule is COCc1cc(NC2CCCn3nc(C(C)C)nc32)nc(C(C)(C)C)n1. The zero-order valence-corrected chi connectivity index (χ0v) is 16.7. The Labute approximate surface area is 155 Å². The smallest absolute Gasteiger partial charge is 0.153 e. The van der Waals surface area contributed by atoms with Crippen LogP contribution < -0.4 is 5.32 Å². The molecule has 0 aromatic carbocycles. The molecule has 0 spiro atoms. The Morgan fingerprint density at radius 1 is 1.27 bits per heavy atom. The molecular formula is C19H30N6O. The van der Waals surface area contributed by atoms with Crippen LogP contribution in [0, 0.1) is 0 Å². The van der Waals surface area contributed by atoms with Crippen LogP contribution in [0.15, 0.2) is 6.07 Å².